The molecule has 1 aliphatic heterocycles. The SMILES string of the molecule is CCN1CCCCCN(C(=O)c2cccnc2Cl)[C@H](Cc2ccccc2)COc2ccccc2C1=O. The molecule has 0 bridgehead atoms. The van der Waals surface area contributed by atoms with Gasteiger partial charge in [0.15, 0.2) is 0 Å². The van der Waals surface area contributed by atoms with E-state index in [2.05, 4.69) is 17.1 Å². The van der Waals surface area contributed by atoms with Crippen LogP contribution in [0.4, 0.5) is 0 Å². The Balaban J connectivity index is 1.71. The van der Waals surface area contributed by atoms with Crippen LogP contribution in [-0.2, 0) is 6.42 Å². The summed E-state index contributed by atoms with van der Waals surface area (Å²) < 4.78 is 6.31. The fourth-order valence-corrected chi connectivity index (χ4v) is 4.79. The number of aromatic nitrogens is 1. The van der Waals surface area contributed by atoms with Crippen LogP contribution in [0, 0.1) is 0 Å². The molecule has 1 aliphatic rings. The van der Waals surface area contributed by atoms with Crippen molar-refractivity contribution in [3.05, 3.63) is 94.8 Å². The second-order valence-electron chi connectivity index (χ2n) is 8.94. The molecule has 0 fully saturated rings. The predicted molar refractivity (Wildman–Crippen MR) is 142 cm³/mol. The lowest BCUT2D eigenvalue weighted by Crippen LogP contribution is -2.45. The van der Waals surface area contributed by atoms with E-state index >= 15 is 0 Å². The third-order valence-corrected chi connectivity index (χ3v) is 6.85. The molecule has 1 atom stereocenters. The molecule has 0 N–H and O–H groups in total. The number of ether oxygens (including phenoxy) is 1. The molecule has 0 spiro atoms. The predicted octanol–water partition coefficient (Wildman–Crippen LogP) is 5.51. The zero-order chi connectivity index (χ0) is 25.3. The van der Waals surface area contributed by atoms with Crippen LogP contribution in [0.3, 0.4) is 0 Å². The minimum Gasteiger partial charge on any atom is -0.491 e. The Morgan fingerprint density at radius 2 is 1.75 bits per heavy atom. The van der Waals surface area contributed by atoms with Crippen molar-refractivity contribution in [2.45, 2.75) is 38.6 Å². The van der Waals surface area contributed by atoms with Crippen molar-refractivity contribution >= 4 is 23.4 Å². The maximum absolute atomic E-state index is 13.8. The Bertz CT molecular complexity index is 1170. The summed E-state index contributed by atoms with van der Waals surface area (Å²) >= 11 is 6.33. The molecule has 2 heterocycles. The molecule has 36 heavy (non-hydrogen) atoms. The van der Waals surface area contributed by atoms with Crippen LogP contribution in [-0.4, -0.2) is 58.9 Å². The molecule has 7 heteroatoms. The first-order valence-electron chi connectivity index (χ1n) is 12.5. The molecule has 0 radical (unpaired) electrons. The second-order valence-corrected chi connectivity index (χ2v) is 9.29. The molecule has 0 saturated carbocycles. The second kappa shape index (κ2) is 12.5. The highest BCUT2D eigenvalue weighted by Gasteiger charge is 2.28. The summed E-state index contributed by atoms with van der Waals surface area (Å²) in [5.74, 6) is 0.346. The van der Waals surface area contributed by atoms with E-state index < -0.39 is 0 Å². The third-order valence-electron chi connectivity index (χ3n) is 6.55. The highest BCUT2D eigenvalue weighted by molar-refractivity contribution is 6.32. The normalized spacial score (nSPS) is 17.3. The van der Waals surface area contributed by atoms with Crippen molar-refractivity contribution in [1.82, 2.24) is 14.8 Å². The summed E-state index contributed by atoms with van der Waals surface area (Å²) in [6, 6.07) is 20.6. The van der Waals surface area contributed by atoms with Crippen LogP contribution in [0.25, 0.3) is 0 Å². The molecule has 0 unspecified atom stereocenters. The number of halogens is 1. The van der Waals surface area contributed by atoms with Gasteiger partial charge in [0.05, 0.1) is 17.2 Å². The Kier molecular flexibility index (Phi) is 8.95. The van der Waals surface area contributed by atoms with Gasteiger partial charge in [-0.25, -0.2) is 4.98 Å². The van der Waals surface area contributed by atoms with E-state index in [-0.39, 0.29) is 29.6 Å². The van der Waals surface area contributed by atoms with Gasteiger partial charge in [-0.1, -0.05) is 54.1 Å². The monoisotopic (exact) mass is 505 g/mol. The number of carbonyl (C=O) groups is 2. The van der Waals surface area contributed by atoms with E-state index in [4.69, 9.17) is 16.3 Å². The number of hydrogen-bond acceptors (Lipinski definition) is 4. The van der Waals surface area contributed by atoms with Crippen molar-refractivity contribution < 1.29 is 14.3 Å². The Morgan fingerprint density at radius 1 is 1.00 bits per heavy atom. The van der Waals surface area contributed by atoms with Crippen molar-refractivity contribution in [2.75, 3.05) is 26.2 Å². The van der Waals surface area contributed by atoms with Gasteiger partial charge in [0.1, 0.15) is 17.5 Å². The standard InChI is InChI=1S/C29H32ClN3O3/c1-2-32-18-9-4-10-19-33(29(35)25-15-11-17-31-27(25)30)23(20-22-12-5-3-6-13-22)21-36-26-16-8-7-14-24(26)28(32)34/h3,5-8,11-17,23H,2,4,9-10,18-21H2,1H3/t23-/m1/s1. The highest BCUT2D eigenvalue weighted by Crippen LogP contribution is 2.24. The third kappa shape index (κ3) is 6.24. The van der Waals surface area contributed by atoms with E-state index in [1.165, 1.54) is 0 Å². The molecular formula is C29H32ClN3O3. The number of hydrogen-bond donors (Lipinski definition) is 0. The zero-order valence-corrected chi connectivity index (χ0v) is 21.4. The van der Waals surface area contributed by atoms with Crippen molar-refractivity contribution in [2.24, 2.45) is 0 Å². The lowest BCUT2D eigenvalue weighted by atomic mass is 10.0. The molecule has 2 aromatic carbocycles. The van der Waals surface area contributed by atoms with Gasteiger partial charge in [-0.15, -0.1) is 0 Å². The topological polar surface area (TPSA) is 62.7 Å². The quantitative estimate of drug-likeness (QED) is 0.438. The first-order valence-corrected chi connectivity index (χ1v) is 12.9. The molecule has 6 nitrogen and oxygen atoms in total. The number of benzene rings is 2. The lowest BCUT2D eigenvalue weighted by Gasteiger charge is -2.32. The molecule has 2 amide bonds. The van der Waals surface area contributed by atoms with Gasteiger partial charge in [-0.3, -0.25) is 9.59 Å². The maximum atomic E-state index is 13.8. The lowest BCUT2D eigenvalue weighted by molar-refractivity contribution is 0.0605. The smallest absolute Gasteiger partial charge is 0.257 e. The van der Waals surface area contributed by atoms with Crippen molar-refractivity contribution in [1.29, 1.82) is 0 Å². The Hall–Kier alpha value is -3.38. The number of rotatable bonds is 4. The van der Waals surface area contributed by atoms with E-state index in [0.717, 1.165) is 24.8 Å². The summed E-state index contributed by atoms with van der Waals surface area (Å²) in [5, 5.41) is 0.194. The van der Waals surface area contributed by atoms with Crippen LogP contribution in [0.5, 0.6) is 5.75 Å². The number of amides is 2. The minimum atomic E-state index is -0.262. The zero-order valence-electron chi connectivity index (χ0n) is 20.6. The number of pyridine rings is 1. The molecule has 188 valence electrons. The van der Waals surface area contributed by atoms with Gasteiger partial charge < -0.3 is 14.5 Å². The fraction of sp³-hybridized carbons (Fsp3) is 0.345. The molecule has 4 rings (SSSR count). The van der Waals surface area contributed by atoms with Crippen molar-refractivity contribution in [3.8, 4) is 5.75 Å². The van der Waals surface area contributed by atoms with Crippen LogP contribution in [0.15, 0.2) is 72.9 Å². The summed E-state index contributed by atoms with van der Waals surface area (Å²) in [4.78, 5) is 34.9. The summed E-state index contributed by atoms with van der Waals surface area (Å²) in [6.45, 7) is 4.10. The highest BCUT2D eigenvalue weighted by atomic mass is 35.5. The molecule has 1 aromatic heterocycles. The number of nitrogens with zero attached hydrogens (tertiary/aromatic N) is 3. The largest absolute Gasteiger partial charge is 0.491 e. The number of fused-ring (bicyclic) bond motifs is 1. The van der Waals surface area contributed by atoms with Crippen LogP contribution in [0.2, 0.25) is 5.15 Å². The van der Waals surface area contributed by atoms with E-state index in [9.17, 15) is 9.59 Å². The molecule has 3 aromatic rings. The van der Waals surface area contributed by atoms with Crippen LogP contribution < -0.4 is 4.74 Å². The summed E-state index contributed by atoms with van der Waals surface area (Å²) in [5.41, 5.74) is 2.03. The van der Waals surface area contributed by atoms with Gasteiger partial charge in [-0.2, -0.15) is 0 Å². The van der Waals surface area contributed by atoms with Gasteiger partial charge in [0.25, 0.3) is 11.8 Å². The first-order chi connectivity index (χ1) is 17.6. The van der Waals surface area contributed by atoms with Crippen molar-refractivity contribution in [3.63, 3.8) is 0 Å². The molecular weight excluding hydrogens is 474 g/mol. The Labute approximate surface area is 217 Å². The first kappa shape index (κ1) is 25.7. The number of para-hydroxylation sites is 1. The average Bonchev–Trinajstić information content (AvgIpc) is 2.92. The van der Waals surface area contributed by atoms with Gasteiger partial charge in [0, 0.05) is 25.8 Å². The molecule has 0 saturated heterocycles. The van der Waals surface area contributed by atoms with Gasteiger partial charge in [-0.05, 0) is 62.4 Å². The van der Waals surface area contributed by atoms with Crippen LogP contribution >= 0.6 is 11.6 Å². The summed E-state index contributed by atoms with van der Waals surface area (Å²) in [7, 11) is 0. The van der Waals surface area contributed by atoms with E-state index in [0.29, 0.717) is 42.9 Å². The molecule has 0 aliphatic carbocycles. The summed E-state index contributed by atoms with van der Waals surface area (Å²) in [6.07, 6.45) is 4.77. The van der Waals surface area contributed by atoms with Gasteiger partial charge >= 0.3 is 0 Å². The Morgan fingerprint density at radius 3 is 2.53 bits per heavy atom. The minimum absolute atomic E-state index is 0.0259. The van der Waals surface area contributed by atoms with Crippen LogP contribution in [0.1, 0.15) is 52.5 Å². The fourth-order valence-electron chi connectivity index (χ4n) is 4.59. The van der Waals surface area contributed by atoms with Gasteiger partial charge in [0.2, 0.25) is 0 Å². The maximum Gasteiger partial charge on any atom is 0.257 e. The average molecular weight is 506 g/mol. The number of carbonyl (C=O) groups excluding carboxylic acids is 2. The van der Waals surface area contributed by atoms with E-state index in [1.807, 2.05) is 59.2 Å². The van der Waals surface area contributed by atoms with E-state index in [1.54, 1.807) is 18.3 Å².